The highest BCUT2D eigenvalue weighted by Crippen LogP contribution is 2.29. The number of amides is 2. The third-order valence-electron chi connectivity index (χ3n) is 4.01. The van der Waals surface area contributed by atoms with Crippen LogP contribution in [0.4, 0.5) is 15.2 Å². The highest BCUT2D eigenvalue weighted by atomic mass is 32.1. The lowest BCUT2D eigenvalue weighted by molar-refractivity contribution is -0.120. The number of halogens is 1. The van der Waals surface area contributed by atoms with Crippen LogP contribution in [-0.2, 0) is 9.59 Å². The molecule has 1 aliphatic heterocycles. The number of aromatic nitrogens is 1. The van der Waals surface area contributed by atoms with Crippen LogP contribution in [0.15, 0.2) is 23.6 Å². The number of carbonyl (C=O) groups is 2. The summed E-state index contributed by atoms with van der Waals surface area (Å²) in [6.45, 7) is 3.05. The molecule has 132 valence electrons. The molecule has 2 aromatic rings. The largest absolute Gasteiger partial charge is 0.326 e. The van der Waals surface area contributed by atoms with Crippen molar-refractivity contribution in [2.24, 2.45) is 5.92 Å². The molecule has 2 heterocycles. The first-order valence-corrected chi connectivity index (χ1v) is 8.95. The van der Waals surface area contributed by atoms with Crippen molar-refractivity contribution in [2.75, 3.05) is 23.7 Å². The van der Waals surface area contributed by atoms with E-state index in [4.69, 9.17) is 0 Å². The molecule has 6 nitrogen and oxygen atoms in total. The van der Waals surface area contributed by atoms with Gasteiger partial charge in [0.25, 0.3) is 0 Å². The van der Waals surface area contributed by atoms with Crippen molar-refractivity contribution in [2.45, 2.75) is 19.8 Å². The molecule has 1 aromatic heterocycles. The van der Waals surface area contributed by atoms with Crippen LogP contribution >= 0.6 is 11.3 Å². The molecule has 1 aliphatic rings. The first-order chi connectivity index (χ1) is 12.0. The Bertz CT molecular complexity index is 787. The predicted molar refractivity (Wildman–Crippen MR) is 96.0 cm³/mol. The van der Waals surface area contributed by atoms with E-state index in [9.17, 15) is 14.0 Å². The van der Waals surface area contributed by atoms with Crippen LogP contribution in [0.25, 0.3) is 11.3 Å². The summed E-state index contributed by atoms with van der Waals surface area (Å²) in [4.78, 5) is 27.6. The van der Waals surface area contributed by atoms with Gasteiger partial charge in [-0.05, 0) is 44.1 Å². The van der Waals surface area contributed by atoms with Crippen LogP contribution < -0.4 is 16.0 Å². The number of nitrogens with zero attached hydrogens (tertiary/aromatic N) is 1. The van der Waals surface area contributed by atoms with E-state index in [1.165, 1.54) is 24.3 Å². The summed E-state index contributed by atoms with van der Waals surface area (Å²) in [5, 5.41) is 10.7. The highest BCUT2D eigenvalue weighted by Gasteiger charge is 2.22. The normalized spacial score (nSPS) is 15.0. The number of anilines is 2. The van der Waals surface area contributed by atoms with Crippen molar-refractivity contribution in [3.8, 4) is 11.3 Å². The molecule has 1 saturated heterocycles. The molecular weight excluding hydrogens is 343 g/mol. The predicted octanol–water partition coefficient (Wildman–Crippen LogP) is 2.85. The number of hydrogen-bond donors (Lipinski definition) is 3. The fourth-order valence-corrected chi connectivity index (χ4v) is 3.46. The second-order valence-corrected chi connectivity index (χ2v) is 6.79. The summed E-state index contributed by atoms with van der Waals surface area (Å²) in [6, 6.07) is 4.43. The maximum absolute atomic E-state index is 14.3. The lowest BCUT2D eigenvalue weighted by Crippen LogP contribution is -2.34. The lowest BCUT2D eigenvalue weighted by atomic mass is 9.97. The molecule has 3 N–H and O–H groups in total. The summed E-state index contributed by atoms with van der Waals surface area (Å²) >= 11 is 1.27. The molecule has 0 saturated carbocycles. The molecule has 1 aromatic carbocycles. The van der Waals surface area contributed by atoms with Gasteiger partial charge in [-0.25, -0.2) is 9.37 Å². The average molecular weight is 362 g/mol. The molecule has 1 fully saturated rings. The van der Waals surface area contributed by atoms with Gasteiger partial charge in [-0.15, -0.1) is 11.3 Å². The van der Waals surface area contributed by atoms with Crippen molar-refractivity contribution in [3.63, 3.8) is 0 Å². The standard InChI is InChI=1S/C17H19FN4O2S/c1-10(23)20-12-2-3-13(14(18)8-12)15-9-25-17(21-15)22-16(24)11-4-6-19-7-5-11/h2-3,8-9,11,19H,4-7H2,1H3,(H,20,23)(H,21,22,24). The number of piperidine rings is 1. The molecule has 0 atom stereocenters. The SMILES string of the molecule is CC(=O)Nc1ccc(-c2csc(NC(=O)C3CCNCC3)n2)c(F)c1. The van der Waals surface area contributed by atoms with Crippen LogP contribution in [0.2, 0.25) is 0 Å². The van der Waals surface area contributed by atoms with Crippen molar-refractivity contribution in [3.05, 3.63) is 29.4 Å². The topological polar surface area (TPSA) is 83.1 Å². The van der Waals surface area contributed by atoms with Gasteiger partial charge in [0.2, 0.25) is 11.8 Å². The molecule has 0 unspecified atom stereocenters. The Morgan fingerprint density at radius 1 is 1.28 bits per heavy atom. The van der Waals surface area contributed by atoms with E-state index in [0.717, 1.165) is 25.9 Å². The Morgan fingerprint density at radius 2 is 2.04 bits per heavy atom. The minimum atomic E-state index is -0.479. The average Bonchev–Trinajstić information content (AvgIpc) is 3.03. The van der Waals surface area contributed by atoms with Crippen LogP contribution in [0.5, 0.6) is 0 Å². The second-order valence-electron chi connectivity index (χ2n) is 5.93. The summed E-state index contributed by atoms with van der Waals surface area (Å²) in [5.74, 6) is -0.789. The molecule has 0 spiro atoms. The zero-order valence-corrected chi connectivity index (χ0v) is 14.6. The highest BCUT2D eigenvalue weighted by molar-refractivity contribution is 7.14. The van der Waals surface area contributed by atoms with E-state index in [1.54, 1.807) is 17.5 Å². The van der Waals surface area contributed by atoms with E-state index < -0.39 is 5.82 Å². The lowest BCUT2D eigenvalue weighted by Gasteiger charge is -2.21. The minimum absolute atomic E-state index is 0.0118. The van der Waals surface area contributed by atoms with Crippen LogP contribution in [0.3, 0.4) is 0 Å². The van der Waals surface area contributed by atoms with Gasteiger partial charge in [-0.3, -0.25) is 9.59 Å². The number of hydrogen-bond acceptors (Lipinski definition) is 5. The van der Waals surface area contributed by atoms with E-state index >= 15 is 0 Å². The molecule has 2 amide bonds. The Hall–Kier alpha value is -2.32. The Morgan fingerprint density at radius 3 is 2.72 bits per heavy atom. The summed E-state index contributed by atoms with van der Waals surface area (Å²) in [5.41, 5.74) is 1.17. The van der Waals surface area contributed by atoms with Crippen LogP contribution in [-0.4, -0.2) is 29.9 Å². The van der Waals surface area contributed by atoms with Crippen molar-refractivity contribution in [1.29, 1.82) is 0 Å². The first-order valence-electron chi connectivity index (χ1n) is 8.07. The fourth-order valence-electron chi connectivity index (χ4n) is 2.75. The molecule has 0 bridgehead atoms. The van der Waals surface area contributed by atoms with Crippen LogP contribution in [0.1, 0.15) is 19.8 Å². The second kappa shape index (κ2) is 7.71. The van der Waals surface area contributed by atoms with Gasteiger partial charge in [0.15, 0.2) is 5.13 Å². The van der Waals surface area contributed by atoms with E-state index in [2.05, 4.69) is 20.9 Å². The number of benzene rings is 1. The Kier molecular flexibility index (Phi) is 5.40. The summed E-state index contributed by atoms with van der Waals surface area (Å²) in [6.07, 6.45) is 1.62. The van der Waals surface area contributed by atoms with Gasteiger partial charge < -0.3 is 16.0 Å². The molecule has 25 heavy (non-hydrogen) atoms. The van der Waals surface area contributed by atoms with Gasteiger partial charge in [0.1, 0.15) is 5.82 Å². The van der Waals surface area contributed by atoms with E-state index in [0.29, 0.717) is 22.1 Å². The third kappa shape index (κ3) is 4.40. The molecular formula is C17H19FN4O2S. The smallest absolute Gasteiger partial charge is 0.229 e. The molecule has 0 radical (unpaired) electrons. The van der Waals surface area contributed by atoms with E-state index in [1.807, 2.05) is 0 Å². The van der Waals surface area contributed by atoms with Gasteiger partial charge >= 0.3 is 0 Å². The molecule has 0 aliphatic carbocycles. The Labute approximate surface area is 148 Å². The van der Waals surface area contributed by atoms with Gasteiger partial charge in [-0.2, -0.15) is 0 Å². The van der Waals surface area contributed by atoms with Gasteiger partial charge in [-0.1, -0.05) is 0 Å². The zero-order valence-electron chi connectivity index (χ0n) is 13.8. The third-order valence-corrected chi connectivity index (χ3v) is 4.77. The van der Waals surface area contributed by atoms with Crippen molar-refractivity contribution < 1.29 is 14.0 Å². The number of carbonyl (C=O) groups excluding carboxylic acids is 2. The first kappa shape index (κ1) is 17.5. The van der Waals surface area contributed by atoms with Crippen molar-refractivity contribution >= 4 is 34.0 Å². The summed E-state index contributed by atoms with van der Waals surface area (Å²) < 4.78 is 14.3. The maximum atomic E-state index is 14.3. The maximum Gasteiger partial charge on any atom is 0.229 e. The molecule has 8 heteroatoms. The zero-order chi connectivity index (χ0) is 17.8. The van der Waals surface area contributed by atoms with Gasteiger partial charge in [0.05, 0.1) is 5.69 Å². The molecule has 3 rings (SSSR count). The number of nitrogens with one attached hydrogen (secondary N) is 3. The van der Waals surface area contributed by atoms with Gasteiger partial charge in [0, 0.05) is 29.5 Å². The van der Waals surface area contributed by atoms with Crippen molar-refractivity contribution in [1.82, 2.24) is 10.3 Å². The number of thiazole rings is 1. The van der Waals surface area contributed by atoms with Crippen LogP contribution in [0, 0.1) is 11.7 Å². The fraction of sp³-hybridized carbons (Fsp3) is 0.353. The number of rotatable bonds is 4. The monoisotopic (exact) mass is 362 g/mol. The summed E-state index contributed by atoms with van der Waals surface area (Å²) in [7, 11) is 0. The minimum Gasteiger partial charge on any atom is -0.326 e. The Balaban J connectivity index is 1.70. The quantitative estimate of drug-likeness (QED) is 0.781. The van der Waals surface area contributed by atoms with E-state index in [-0.39, 0.29) is 17.7 Å².